The van der Waals surface area contributed by atoms with Crippen molar-refractivity contribution in [1.82, 2.24) is 29.4 Å². The van der Waals surface area contributed by atoms with E-state index in [1.807, 2.05) is 38.9 Å². The van der Waals surface area contributed by atoms with Crippen molar-refractivity contribution < 1.29 is 12.8 Å². The topological polar surface area (TPSA) is 159 Å². The molecule has 0 saturated heterocycles. The number of nitrogens with one attached hydrogen (secondary N) is 2. The number of rotatable bonds is 9. The van der Waals surface area contributed by atoms with Gasteiger partial charge in [-0.15, -0.1) is 0 Å². The minimum Gasteiger partial charge on any atom is -0.351 e. The summed E-state index contributed by atoms with van der Waals surface area (Å²) in [4.78, 5) is 33.3. The molecular formula is C30H34FN9O3S. The summed E-state index contributed by atoms with van der Waals surface area (Å²) in [6.07, 6.45) is 3.78. The third-order valence-electron chi connectivity index (χ3n) is 7.62. The number of pyridine rings is 1. The molecule has 3 aromatic heterocycles. The zero-order chi connectivity index (χ0) is 31.6. The van der Waals surface area contributed by atoms with Crippen molar-refractivity contribution in [3.8, 4) is 17.3 Å². The third-order valence-corrected chi connectivity index (χ3v) is 8.85. The number of hydrogen-bond donors (Lipinski definition) is 2. The number of alkyl halides is 1. The summed E-state index contributed by atoms with van der Waals surface area (Å²) in [7, 11) is -0.0155. The number of nitriles is 1. The van der Waals surface area contributed by atoms with Crippen LogP contribution in [0.1, 0.15) is 50.3 Å². The van der Waals surface area contributed by atoms with Gasteiger partial charge in [-0.25, -0.2) is 27.8 Å². The van der Waals surface area contributed by atoms with Crippen LogP contribution in [0.5, 0.6) is 0 Å². The summed E-state index contributed by atoms with van der Waals surface area (Å²) < 4.78 is 44.1. The molecule has 1 fully saturated rings. The molecule has 2 N–H and O–H groups in total. The molecule has 1 aromatic carbocycles. The molecule has 0 radical (unpaired) electrons. The van der Waals surface area contributed by atoms with Crippen molar-refractivity contribution in [2.45, 2.75) is 63.2 Å². The first-order valence-electron chi connectivity index (χ1n) is 14.3. The largest absolute Gasteiger partial charge is 0.351 e. The van der Waals surface area contributed by atoms with Crippen LogP contribution < -0.4 is 15.6 Å². The normalized spacial score (nSPS) is 18.8. The highest BCUT2D eigenvalue weighted by atomic mass is 32.2. The molecule has 1 aliphatic rings. The fraction of sp³-hybridized carbons (Fsp3) is 0.400. The van der Waals surface area contributed by atoms with Crippen molar-refractivity contribution in [3.05, 3.63) is 70.3 Å². The van der Waals surface area contributed by atoms with Gasteiger partial charge < -0.3 is 10.2 Å². The van der Waals surface area contributed by atoms with E-state index in [2.05, 4.69) is 30.0 Å². The van der Waals surface area contributed by atoms with Crippen LogP contribution in [-0.2, 0) is 15.8 Å². The summed E-state index contributed by atoms with van der Waals surface area (Å²) in [5.41, 5.74) is 1.84. The molecule has 0 aliphatic heterocycles. The maximum absolute atomic E-state index is 14.7. The van der Waals surface area contributed by atoms with E-state index >= 15 is 0 Å². The third kappa shape index (κ3) is 6.84. The lowest BCUT2D eigenvalue weighted by Crippen LogP contribution is -2.44. The van der Waals surface area contributed by atoms with Gasteiger partial charge in [0, 0.05) is 36.3 Å². The van der Waals surface area contributed by atoms with Crippen LogP contribution in [0.25, 0.3) is 22.4 Å². The second-order valence-corrected chi connectivity index (χ2v) is 13.2. The molecule has 3 heterocycles. The van der Waals surface area contributed by atoms with Crippen molar-refractivity contribution in [1.29, 1.82) is 5.26 Å². The Bertz CT molecular complexity index is 1850. The number of nitrogens with zero attached hydrogens (tertiary/aromatic N) is 7. The maximum Gasteiger partial charge on any atom is 0.279 e. The van der Waals surface area contributed by atoms with Crippen LogP contribution in [0.15, 0.2) is 53.6 Å². The molecule has 0 bridgehead atoms. The summed E-state index contributed by atoms with van der Waals surface area (Å²) >= 11 is 0. The molecule has 44 heavy (non-hydrogen) atoms. The maximum atomic E-state index is 14.7. The van der Waals surface area contributed by atoms with Crippen molar-refractivity contribution in [2.75, 3.05) is 24.1 Å². The average Bonchev–Trinajstić information content (AvgIpc) is 2.97. The molecule has 0 spiro atoms. The van der Waals surface area contributed by atoms with E-state index in [9.17, 15) is 17.6 Å². The van der Waals surface area contributed by atoms with Crippen molar-refractivity contribution in [2.24, 2.45) is 0 Å². The molecule has 0 amide bonds. The Morgan fingerprint density at radius 3 is 2.45 bits per heavy atom. The Balaban J connectivity index is 1.36. The molecule has 1 unspecified atom stereocenters. The first kappa shape index (κ1) is 31.0. The highest BCUT2D eigenvalue weighted by Crippen LogP contribution is 2.27. The Morgan fingerprint density at radius 1 is 1.09 bits per heavy atom. The molecule has 3 atom stereocenters. The highest BCUT2D eigenvalue weighted by molar-refractivity contribution is 7.91. The number of fused-ring (bicyclic) bond motifs is 1. The smallest absolute Gasteiger partial charge is 0.279 e. The molecule has 1 aliphatic carbocycles. The Morgan fingerprint density at radius 2 is 1.84 bits per heavy atom. The number of anilines is 2. The zero-order valence-corrected chi connectivity index (χ0v) is 25.7. The summed E-state index contributed by atoms with van der Waals surface area (Å²) in [5, 5.41) is 12.2. The Kier molecular flexibility index (Phi) is 8.89. The second kappa shape index (κ2) is 12.6. The number of aromatic nitrogens is 5. The predicted molar refractivity (Wildman–Crippen MR) is 166 cm³/mol. The number of sulfonamides is 1. The van der Waals surface area contributed by atoms with Crippen LogP contribution in [0.4, 0.5) is 16.2 Å². The van der Waals surface area contributed by atoms with Gasteiger partial charge in [0.15, 0.2) is 5.65 Å². The van der Waals surface area contributed by atoms with Gasteiger partial charge in [0.2, 0.25) is 16.0 Å². The quantitative estimate of drug-likeness (QED) is 0.282. The van der Waals surface area contributed by atoms with Crippen LogP contribution in [0.2, 0.25) is 0 Å². The Hall–Kier alpha value is -4.48. The molecule has 12 nitrogen and oxygen atoms in total. The van der Waals surface area contributed by atoms with E-state index in [1.54, 1.807) is 30.3 Å². The molecule has 1 saturated carbocycles. The predicted octanol–water partition coefficient (Wildman–Crippen LogP) is 3.88. The van der Waals surface area contributed by atoms with Crippen LogP contribution in [0, 0.1) is 11.3 Å². The van der Waals surface area contributed by atoms with E-state index in [0.717, 1.165) is 6.42 Å². The number of hydrogen-bond acceptors (Lipinski definition) is 10. The van der Waals surface area contributed by atoms with E-state index in [-0.39, 0.29) is 40.9 Å². The zero-order valence-electron chi connectivity index (χ0n) is 24.9. The monoisotopic (exact) mass is 619 g/mol. The molecular weight excluding hydrogens is 585 g/mol. The van der Waals surface area contributed by atoms with E-state index in [0.29, 0.717) is 46.6 Å². The molecule has 14 heteroatoms. The van der Waals surface area contributed by atoms with Gasteiger partial charge in [0.25, 0.3) is 5.56 Å². The van der Waals surface area contributed by atoms with Gasteiger partial charge in [-0.2, -0.15) is 10.2 Å². The van der Waals surface area contributed by atoms with E-state index < -0.39 is 16.2 Å². The number of halogens is 1. The fourth-order valence-corrected chi connectivity index (χ4v) is 6.56. The summed E-state index contributed by atoms with van der Waals surface area (Å²) in [5.74, 6) is 0.0953. The van der Waals surface area contributed by atoms with Crippen LogP contribution in [0.3, 0.4) is 0 Å². The van der Waals surface area contributed by atoms with Gasteiger partial charge in [0.1, 0.15) is 23.2 Å². The summed E-state index contributed by atoms with van der Waals surface area (Å²) in [6.45, 7) is 3.72. The molecule has 230 valence electrons. The second-order valence-electron chi connectivity index (χ2n) is 11.4. The lowest BCUT2D eigenvalue weighted by atomic mass is 9.89. The van der Waals surface area contributed by atoms with E-state index in [4.69, 9.17) is 5.26 Å². The van der Waals surface area contributed by atoms with Gasteiger partial charge in [-0.05, 0) is 70.6 Å². The minimum atomic E-state index is -3.79. The first-order valence-corrected chi connectivity index (χ1v) is 15.9. The highest BCUT2D eigenvalue weighted by Gasteiger charge is 2.32. The molecule has 5 rings (SSSR count). The van der Waals surface area contributed by atoms with Crippen LogP contribution in [-0.4, -0.2) is 70.2 Å². The lowest BCUT2D eigenvalue weighted by molar-refractivity contribution is 0.109. The van der Waals surface area contributed by atoms with Gasteiger partial charge in [-0.1, -0.05) is 12.1 Å². The first-order chi connectivity index (χ1) is 20.9. The fourth-order valence-electron chi connectivity index (χ4n) is 5.42. The van der Waals surface area contributed by atoms with E-state index in [1.165, 1.54) is 23.0 Å². The molecule has 4 aromatic rings. The Labute approximate surface area is 255 Å². The lowest BCUT2D eigenvalue weighted by Gasteiger charge is -2.35. The minimum absolute atomic E-state index is 0.0848. The van der Waals surface area contributed by atoms with Gasteiger partial charge in [0.05, 0.1) is 23.6 Å². The van der Waals surface area contributed by atoms with Crippen LogP contribution >= 0.6 is 0 Å². The van der Waals surface area contributed by atoms with Crippen molar-refractivity contribution >= 4 is 33.0 Å². The van der Waals surface area contributed by atoms with Gasteiger partial charge >= 0.3 is 0 Å². The summed E-state index contributed by atoms with van der Waals surface area (Å²) in [6, 6.07) is 10.8. The average molecular weight is 620 g/mol. The van der Waals surface area contributed by atoms with Crippen molar-refractivity contribution in [3.63, 3.8) is 0 Å². The van der Waals surface area contributed by atoms with Gasteiger partial charge in [-0.3, -0.25) is 14.1 Å². The number of benzene rings is 1. The standard InChI is InChI=1S/C30H34FN9O3S/c1-18(2)40-28-24(16-34-30(37-28)35-22-10-11-25(39(3)4)23(31)13-22)36-27(29(40)41)21-9-12-26(33-15-21)38-44(42,43)17-20-7-5-19(14-32)6-8-20/h5-9,12,15-16,18,22-23,25H,10-11,13,17H2,1-4H3,(H,33,38)(H,34,35,37)/t22-,23?,25-/m0/s1. The SMILES string of the molecule is CC(C)n1c(=O)c(-c2ccc(NS(=O)(=O)Cc3ccc(C#N)cc3)nc2)nc2cnc(N[C@H]3CC[C@H](N(C)C)C(F)C3)nc21.